The second-order valence-corrected chi connectivity index (χ2v) is 4.85. The number of carboxylic acids is 1. The highest BCUT2D eigenvalue weighted by atomic mass is 79.9. The number of nitrogens with zero attached hydrogens (tertiary/aromatic N) is 1. The number of rotatable bonds is 5. The Kier molecular flexibility index (Phi) is 5.34. The predicted octanol–water partition coefficient (Wildman–Crippen LogP) is 2.69. The van der Waals surface area contributed by atoms with Gasteiger partial charge in [-0.3, -0.25) is 9.59 Å². The summed E-state index contributed by atoms with van der Waals surface area (Å²) >= 11 is 3.37. The first-order valence-corrected chi connectivity index (χ1v) is 6.52. The van der Waals surface area contributed by atoms with E-state index >= 15 is 0 Å². The van der Waals surface area contributed by atoms with Gasteiger partial charge in [-0.05, 0) is 40.9 Å². The van der Waals surface area contributed by atoms with Crippen molar-refractivity contribution in [3.05, 3.63) is 33.8 Å². The van der Waals surface area contributed by atoms with E-state index in [0.717, 1.165) is 16.5 Å². The molecule has 1 amide bonds. The molecule has 0 fully saturated rings. The van der Waals surface area contributed by atoms with Crippen molar-refractivity contribution < 1.29 is 14.7 Å². The summed E-state index contributed by atoms with van der Waals surface area (Å²) in [6.45, 7) is 3.97. The van der Waals surface area contributed by atoms with Gasteiger partial charge in [0.1, 0.15) is 6.54 Å². The van der Waals surface area contributed by atoms with Gasteiger partial charge in [0.05, 0.1) is 5.56 Å². The Morgan fingerprint density at radius 1 is 1.39 bits per heavy atom. The number of carbonyl (C=O) groups is 2. The maximum atomic E-state index is 12.3. The van der Waals surface area contributed by atoms with Crippen molar-refractivity contribution in [2.45, 2.75) is 20.3 Å². The lowest BCUT2D eigenvalue weighted by atomic mass is 10.1. The van der Waals surface area contributed by atoms with Gasteiger partial charge in [-0.2, -0.15) is 0 Å². The number of aryl methyl sites for hydroxylation is 1. The lowest BCUT2D eigenvalue weighted by Gasteiger charge is -2.21. The van der Waals surface area contributed by atoms with Gasteiger partial charge in [0.2, 0.25) is 0 Å². The third-order valence-corrected chi connectivity index (χ3v) is 3.58. The first kappa shape index (κ1) is 14.7. The van der Waals surface area contributed by atoms with E-state index in [9.17, 15) is 9.59 Å². The van der Waals surface area contributed by atoms with Gasteiger partial charge >= 0.3 is 5.97 Å². The highest BCUT2D eigenvalue weighted by molar-refractivity contribution is 9.10. The third kappa shape index (κ3) is 3.57. The van der Waals surface area contributed by atoms with E-state index in [0.29, 0.717) is 12.1 Å². The molecular weight excluding hydrogens is 298 g/mol. The molecule has 0 aliphatic rings. The van der Waals surface area contributed by atoms with Crippen LogP contribution in [-0.2, 0) is 4.79 Å². The zero-order valence-corrected chi connectivity index (χ0v) is 12.0. The Balaban J connectivity index is 3.01. The number of halogens is 1. The summed E-state index contributed by atoms with van der Waals surface area (Å²) in [5.74, 6) is -1.25. The van der Waals surface area contributed by atoms with Crippen LogP contribution in [0, 0.1) is 6.92 Å². The van der Waals surface area contributed by atoms with E-state index in [1.165, 1.54) is 4.90 Å². The average Bonchev–Trinajstić information content (AvgIpc) is 2.31. The predicted molar refractivity (Wildman–Crippen MR) is 72.7 cm³/mol. The summed E-state index contributed by atoms with van der Waals surface area (Å²) < 4.78 is 0.724. The lowest BCUT2D eigenvalue weighted by molar-refractivity contribution is -0.137. The number of benzene rings is 1. The van der Waals surface area contributed by atoms with Crippen molar-refractivity contribution in [3.8, 4) is 0 Å². The first-order chi connectivity index (χ1) is 8.47. The molecule has 0 aliphatic carbocycles. The molecule has 1 aromatic rings. The summed E-state index contributed by atoms with van der Waals surface area (Å²) in [6.07, 6.45) is 0.725. The SMILES string of the molecule is CCCN(CC(=O)O)C(=O)c1cccc(C)c1Br. The second-order valence-electron chi connectivity index (χ2n) is 4.06. The zero-order valence-electron chi connectivity index (χ0n) is 10.4. The second kappa shape index (κ2) is 6.54. The van der Waals surface area contributed by atoms with Gasteiger partial charge in [-0.25, -0.2) is 0 Å². The summed E-state index contributed by atoms with van der Waals surface area (Å²) in [4.78, 5) is 24.4. The van der Waals surface area contributed by atoms with Gasteiger partial charge in [-0.1, -0.05) is 19.1 Å². The third-order valence-electron chi connectivity index (χ3n) is 2.53. The molecule has 0 atom stereocenters. The summed E-state index contributed by atoms with van der Waals surface area (Å²) in [7, 11) is 0. The maximum Gasteiger partial charge on any atom is 0.323 e. The Labute approximate surface area is 115 Å². The monoisotopic (exact) mass is 313 g/mol. The Morgan fingerprint density at radius 3 is 2.61 bits per heavy atom. The van der Waals surface area contributed by atoms with E-state index in [-0.39, 0.29) is 12.5 Å². The van der Waals surface area contributed by atoms with Crippen LogP contribution in [0.15, 0.2) is 22.7 Å². The topological polar surface area (TPSA) is 57.6 Å². The summed E-state index contributed by atoms with van der Waals surface area (Å²) in [5.41, 5.74) is 1.46. The fourth-order valence-electron chi connectivity index (χ4n) is 1.67. The van der Waals surface area contributed by atoms with E-state index in [1.54, 1.807) is 12.1 Å². The minimum atomic E-state index is -0.999. The molecule has 4 nitrogen and oxygen atoms in total. The molecule has 0 saturated heterocycles. The maximum absolute atomic E-state index is 12.3. The Bertz CT molecular complexity index is 460. The van der Waals surface area contributed by atoms with Crippen LogP contribution < -0.4 is 0 Å². The molecule has 0 spiro atoms. The van der Waals surface area contributed by atoms with Gasteiger partial charge in [-0.15, -0.1) is 0 Å². The Morgan fingerprint density at radius 2 is 2.06 bits per heavy atom. The van der Waals surface area contributed by atoms with Gasteiger partial charge in [0.25, 0.3) is 5.91 Å². The van der Waals surface area contributed by atoms with Gasteiger partial charge in [0.15, 0.2) is 0 Å². The van der Waals surface area contributed by atoms with Crippen LogP contribution in [0.2, 0.25) is 0 Å². The molecule has 0 bridgehead atoms. The number of aliphatic carboxylic acids is 1. The largest absolute Gasteiger partial charge is 0.480 e. The fraction of sp³-hybridized carbons (Fsp3) is 0.385. The van der Waals surface area contributed by atoms with Crippen LogP contribution >= 0.6 is 15.9 Å². The van der Waals surface area contributed by atoms with Crippen molar-refractivity contribution in [1.82, 2.24) is 4.90 Å². The molecule has 1 rings (SSSR count). The van der Waals surface area contributed by atoms with Crippen LogP contribution in [0.4, 0.5) is 0 Å². The number of carboxylic acid groups (broad SMARTS) is 1. The van der Waals surface area contributed by atoms with Gasteiger partial charge in [0, 0.05) is 11.0 Å². The standard InChI is InChI=1S/C13H16BrNO3/c1-3-7-15(8-11(16)17)13(18)10-6-4-5-9(2)12(10)14/h4-6H,3,7-8H2,1-2H3,(H,16,17). The van der Waals surface area contributed by atoms with Gasteiger partial charge < -0.3 is 10.0 Å². The highest BCUT2D eigenvalue weighted by Crippen LogP contribution is 2.22. The van der Waals surface area contributed by atoms with Crippen molar-refractivity contribution >= 4 is 27.8 Å². The molecule has 0 radical (unpaired) electrons. The normalized spacial score (nSPS) is 10.2. The Hall–Kier alpha value is -1.36. The zero-order chi connectivity index (χ0) is 13.7. The van der Waals surface area contributed by atoms with Crippen LogP contribution in [0.25, 0.3) is 0 Å². The van der Waals surface area contributed by atoms with Crippen LogP contribution in [-0.4, -0.2) is 35.0 Å². The number of hydrogen-bond donors (Lipinski definition) is 1. The fourth-order valence-corrected chi connectivity index (χ4v) is 2.10. The van der Waals surface area contributed by atoms with E-state index in [4.69, 9.17) is 5.11 Å². The van der Waals surface area contributed by atoms with Crippen molar-refractivity contribution in [2.24, 2.45) is 0 Å². The number of hydrogen-bond acceptors (Lipinski definition) is 2. The molecule has 0 aliphatic heterocycles. The minimum absolute atomic E-state index is 0.255. The molecule has 18 heavy (non-hydrogen) atoms. The molecule has 1 aromatic carbocycles. The molecule has 1 N–H and O–H groups in total. The molecular formula is C13H16BrNO3. The lowest BCUT2D eigenvalue weighted by Crippen LogP contribution is -2.36. The van der Waals surface area contributed by atoms with Crippen molar-refractivity contribution in [3.63, 3.8) is 0 Å². The number of amides is 1. The summed E-state index contributed by atoms with van der Waals surface area (Å²) in [6, 6.07) is 5.38. The smallest absolute Gasteiger partial charge is 0.323 e. The quantitative estimate of drug-likeness (QED) is 0.909. The van der Waals surface area contributed by atoms with E-state index in [2.05, 4.69) is 15.9 Å². The molecule has 0 saturated carbocycles. The first-order valence-electron chi connectivity index (χ1n) is 5.73. The van der Waals surface area contributed by atoms with Crippen LogP contribution in [0.1, 0.15) is 29.3 Å². The van der Waals surface area contributed by atoms with Crippen LogP contribution in [0.3, 0.4) is 0 Å². The molecule has 0 unspecified atom stereocenters. The highest BCUT2D eigenvalue weighted by Gasteiger charge is 2.20. The van der Waals surface area contributed by atoms with Crippen molar-refractivity contribution in [2.75, 3.05) is 13.1 Å². The van der Waals surface area contributed by atoms with Crippen molar-refractivity contribution in [1.29, 1.82) is 0 Å². The van der Waals surface area contributed by atoms with Crippen LogP contribution in [0.5, 0.6) is 0 Å². The van der Waals surface area contributed by atoms with E-state index in [1.807, 2.05) is 19.9 Å². The van der Waals surface area contributed by atoms with E-state index < -0.39 is 5.97 Å². The molecule has 0 heterocycles. The average molecular weight is 314 g/mol. The molecule has 98 valence electrons. The summed E-state index contributed by atoms with van der Waals surface area (Å²) in [5, 5.41) is 8.82. The number of carbonyl (C=O) groups excluding carboxylic acids is 1. The molecule has 0 aromatic heterocycles. The minimum Gasteiger partial charge on any atom is -0.480 e. The molecule has 5 heteroatoms.